The third kappa shape index (κ3) is 12.0. The van der Waals surface area contributed by atoms with Gasteiger partial charge >= 0.3 is 5.97 Å². The van der Waals surface area contributed by atoms with Gasteiger partial charge in [-0.3, -0.25) is 19.4 Å². The Morgan fingerprint density at radius 1 is 1.00 bits per heavy atom. The third-order valence-corrected chi connectivity index (χ3v) is 4.73. The number of carbonyl (C=O) groups excluding carboxylic acids is 3. The van der Waals surface area contributed by atoms with Gasteiger partial charge in [0, 0.05) is 6.54 Å². The van der Waals surface area contributed by atoms with Crippen LogP contribution in [0.1, 0.15) is 26.2 Å². The number of aliphatic carboxylic acids is 1. The maximum absolute atomic E-state index is 12.6. The van der Waals surface area contributed by atoms with E-state index in [2.05, 4.69) is 20.9 Å². The minimum atomic E-state index is -1.22. The number of aliphatic hydroxyl groups is 1. The Morgan fingerprint density at radius 3 is 2.13 bits per heavy atom. The summed E-state index contributed by atoms with van der Waals surface area (Å²) in [5.74, 6) is -2.87. The summed E-state index contributed by atoms with van der Waals surface area (Å²) in [7, 11) is 0. The SMILES string of the molecule is CSCCC(NC(=O)C(C)NC(=O)C(CCCN=C(N)N)NC(=O)C(N)CO)C(=O)O. The van der Waals surface area contributed by atoms with Crippen LogP contribution >= 0.6 is 11.8 Å². The minimum Gasteiger partial charge on any atom is -0.480 e. The molecule has 0 saturated heterocycles. The van der Waals surface area contributed by atoms with Crippen molar-refractivity contribution in [3.63, 3.8) is 0 Å². The van der Waals surface area contributed by atoms with Crippen LogP contribution < -0.4 is 33.2 Å². The summed E-state index contributed by atoms with van der Waals surface area (Å²) in [4.78, 5) is 52.0. The van der Waals surface area contributed by atoms with Crippen molar-refractivity contribution in [1.29, 1.82) is 0 Å². The van der Waals surface area contributed by atoms with Crippen LogP contribution in [0.2, 0.25) is 0 Å². The van der Waals surface area contributed by atoms with E-state index in [1.807, 2.05) is 6.26 Å². The molecule has 0 aliphatic carbocycles. The van der Waals surface area contributed by atoms with Crippen molar-refractivity contribution < 1.29 is 29.4 Å². The van der Waals surface area contributed by atoms with Gasteiger partial charge in [0.2, 0.25) is 17.7 Å². The highest BCUT2D eigenvalue weighted by molar-refractivity contribution is 7.98. The molecular weight excluding hydrogens is 430 g/mol. The first-order valence-corrected chi connectivity index (χ1v) is 11.0. The van der Waals surface area contributed by atoms with E-state index in [0.717, 1.165) is 0 Å². The van der Waals surface area contributed by atoms with Gasteiger partial charge in [-0.2, -0.15) is 11.8 Å². The number of aliphatic hydroxyl groups excluding tert-OH is 1. The molecule has 0 aromatic rings. The molecule has 4 atom stereocenters. The molecule has 0 aromatic heterocycles. The summed E-state index contributed by atoms with van der Waals surface area (Å²) < 4.78 is 0. The zero-order chi connectivity index (χ0) is 24.0. The van der Waals surface area contributed by atoms with Gasteiger partial charge in [0.25, 0.3) is 0 Å². The molecule has 0 aliphatic rings. The fraction of sp³-hybridized carbons (Fsp3) is 0.706. The number of carboxylic acids is 1. The van der Waals surface area contributed by atoms with Crippen molar-refractivity contribution in [3.8, 4) is 0 Å². The number of hydrogen-bond acceptors (Lipinski definition) is 8. The van der Waals surface area contributed by atoms with Crippen LogP contribution in [0.5, 0.6) is 0 Å². The highest BCUT2D eigenvalue weighted by Gasteiger charge is 2.27. The topological polar surface area (TPSA) is 235 Å². The van der Waals surface area contributed by atoms with Crippen LogP contribution in [-0.4, -0.2) is 89.2 Å². The molecular formula is C17H33N7O6S. The van der Waals surface area contributed by atoms with E-state index in [9.17, 15) is 24.3 Å². The van der Waals surface area contributed by atoms with Crippen molar-refractivity contribution in [1.82, 2.24) is 16.0 Å². The predicted molar refractivity (Wildman–Crippen MR) is 117 cm³/mol. The van der Waals surface area contributed by atoms with Crippen LogP contribution in [0.25, 0.3) is 0 Å². The Morgan fingerprint density at radius 2 is 1.61 bits per heavy atom. The summed E-state index contributed by atoms with van der Waals surface area (Å²) in [6, 6.07) is -4.44. The van der Waals surface area contributed by atoms with E-state index in [0.29, 0.717) is 12.2 Å². The zero-order valence-corrected chi connectivity index (χ0v) is 18.5. The molecule has 14 heteroatoms. The van der Waals surface area contributed by atoms with E-state index in [4.69, 9.17) is 22.3 Å². The quantitative estimate of drug-likeness (QED) is 0.0683. The monoisotopic (exact) mass is 463 g/mol. The molecule has 0 radical (unpaired) electrons. The van der Waals surface area contributed by atoms with Crippen LogP contribution in [-0.2, 0) is 19.2 Å². The molecule has 4 unspecified atom stereocenters. The van der Waals surface area contributed by atoms with Gasteiger partial charge in [0.1, 0.15) is 24.2 Å². The van der Waals surface area contributed by atoms with Gasteiger partial charge in [0.05, 0.1) is 6.61 Å². The number of guanidine groups is 1. The number of hydrogen-bond donors (Lipinski definition) is 8. The average molecular weight is 464 g/mol. The second kappa shape index (κ2) is 15.3. The second-order valence-corrected chi connectivity index (χ2v) is 7.70. The molecule has 0 aliphatic heterocycles. The molecule has 31 heavy (non-hydrogen) atoms. The lowest BCUT2D eigenvalue weighted by Gasteiger charge is -2.23. The summed E-state index contributed by atoms with van der Waals surface area (Å²) in [6.07, 6.45) is 2.51. The van der Waals surface area contributed by atoms with Gasteiger partial charge in [-0.05, 0) is 38.2 Å². The number of nitrogens with one attached hydrogen (secondary N) is 3. The van der Waals surface area contributed by atoms with Gasteiger partial charge in [-0.1, -0.05) is 0 Å². The van der Waals surface area contributed by atoms with Crippen LogP contribution in [0.15, 0.2) is 4.99 Å². The molecule has 0 heterocycles. The zero-order valence-electron chi connectivity index (χ0n) is 17.7. The lowest BCUT2D eigenvalue weighted by molar-refractivity contribution is -0.142. The second-order valence-electron chi connectivity index (χ2n) is 6.71. The number of rotatable bonds is 15. The van der Waals surface area contributed by atoms with Gasteiger partial charge in [-0.15, -0.1) is 0 Å². The van der Waals surface area contributed by atoms with Gasteiger partial charge in [0.15, 0.2) is 5.96 Å². The molecule has 0 spiro atoms. The predicted octanol–water partition coefficient (Wildman–Crippen LogP) is -3.33. The summed E-state index contributed by atoms with van der Waals surface area (Å²) >= 11 is 1.44. The summed E-state index contributed by atoms with van der Waals surface area (Å²) in [5, 5.41) is 25.4. The smallest absolute Gasteiger partial charge is 0.326 e. The summed E-state index contributed by atoms with van der Waals surface area (Å²) in [5.41, 5.74) is 16.0. The lowest BCUT2D eigenvalue weighted by Crippen LogP contribution is -2.56. The lowest BCUT2D eigenvalue weighted by atomic mass is 10.1. The number of amides is 3. The molecule has 0 rings (SSSR count). The number of carbonyl (C=O) groups is 4. The number of aliphatic imine (C=N–C) groups is 1. The number of nitrogens with zero attached hydrogens (tertiary/aromatic N) is 1. The van der Waals surface area contributed by atoms with Crippen molar-refractivity contribution in [2.75, 3.05) is 25.2 Å². The number of thioether (sulfide) groups is 1. The van der Waals surface area contributed by atoms with Gasteiger partial charge in [-0.25, -0.2) is 4.79 Å². The Bertz CT molecular complexity index is 644. The van der Waals surface area contributed by atoms with E-state index < -0.39 is 54.5 Å². The standard InChI is InChI=1S/C17H33N7O6S/c1-9(13(26)24-12(16(29)30)5-7-31-2)22-15(28)11(4-3-6-21-17(19)20)23-14(27)10(18)8-25/h9-12,25H,3-8,18H2,1-2H3,(H,22,28)(H,23,27)(H,24,26)(H,29,30)(H4,19,20,21). The largest absolute Gasteiger partial charge is 0.480 e. The average Bonchev–Trinajstić information content (AvgIpc) is 2.71. The normalized spacial score (nSPS) is 14.5. The van der Waals surface area contributed by atoms with Crippen molar-refractivity contribution in [2.45, 2.75) is 50.4 Å². The van der Waals surface area contributed by atoms with E-state index in [1.165, 1.54) is 18.7 Å². The molecule has 178 valence electrons. The Labute approximate surface area is 185 Å². The fourth-order valence-electron chi connectivity index (χ4n) is 2.30. The maximum atomic E-state index is 12.6. The Balaban J connectivity index is 5.05. The van der Waals surface area contributed by atoms with E-state index in [1.54, 1.807) is 0 Å². The minimum absolute atomic E-state index is 0.118. The molecule has 0 aromatic carbocycles. The fourth-order valence-corrected chi connectivity index (χ4v) is 2.77. The van der Waals surface area contributed by atoms with E-state index >= 15 is 0 Å². The van der Waals surface area contributed by atoms with Crippen LogP contribution in [0.4, 0.5) is 0 Å². The molecule has 13 nitrogen and oxygen atoms in total. The van der Waals surface area contributed by atoms with Crippen molar-refractivity contribution in [2.24, 2.45) is 22.2 Å². The summed E-state index contributed by atoms with van der Waals surface area (Å²) in [6.45, 7) is 0.984. The first kappa shape index (κ1) is 28.4. The molecule has 11 N–H and O–H groups in total. The van der Waals surface area contributed by atoms with Crippen molar-refractivity contribution >= 4 is 41.4 Å². The number of carboxylic acid groups (broad SMARTS) is 1. The molecule has 0 bridgehead atoms. The maximum Gasteiger partial charge on any atom is 0.326 e. The number of nitrogens with two attached hydrogens (primary N) is 3. The van der Waals surface area contributed by atoms with Crippen molar-refractivity contribution in [3.05, 3.63) is 0 Å². The van der Waals surface area contributed by atoms with Crippen LogP contribution in [0, 0.1) is 0 Å². The molecule has 0 fully saturated rings. The first-order chi connectivity index (χ1) is 14.5. The molecule has 0 saturated carbocycles. The highest BCUT2D eigenvalue weighted by Crippen LogP contribution is 2.03. The van der Waals surface area contributed by atoms with Gasteiger partial charge < -0.3 is 43.4 Å². The molecule has 3 amide bonds. The third-order valence-electron chi connectivity index (χ3n) is 4.09. The Kier molecular flexibility index (Phi) is 14.0. The van der Waals surface area contributed by atoms with E-state index in [-0.39, 0.29) is 25.3 Å². The van der Waals surface area contributed by atoms with Crippen LogP contribution in [0.3, 0.4) is 0 Å². The first-order valence-electron chi connectivity index (χ1n) is 9.58. The Hall–Kier alpha value is -2.58. The highest BCUT2D eigenvalue weighted by atomic mass is 32.2.